The summed E-state index contributed by atoms with van der Waals surface area (Å²) in [6.45, 7) is 9.88. The van der Waals surface area contributed by atoms with Crippen LogP contribution < -0.4 is 10.6 Å². The van der Waals surface area contributed by atoms with Crippen molar-refractivity contribution >= 4 is 5.91 Å². The maximum atomic E-state index is 11.7. The highest BCUT2D eigenvalue weighted by molar-refractivity contribution is 5.78. The molecule has 0 aliphatic heterocycles. The molecule has 1 atom stereocenters. The molecule has 0 saturated carbocycles. The SMILES string of the molecule is CC(C)NCCCCCNC(=O)C(CO)C(C)C. The first kappa shape index (κ1) is 17.4. The van der Waals surface area contributed by atoms with Gasteiger partial charge in [-0.05, 0) is 25.3 Å². The lowest BCUT2D eigenvalue weighted by molar-refractivity contribution is -0.127. The molecule has 18 heavy (non-hydrogen) atoms. The zero-order valence-corrected chi connectivity index (χ0v) is 12.3. The predicted octanol–water partition coefficient (Wildman–Crippen LogP) is 1.54. The number of nitrogens with one attached hydrogen (secondary N) is 2. The largest absolute Gasteiger partial charge is 0.396 e. The summed E-state index contributed by atoms with van der Waals surface area (Å²) < 4.78 is 0. The number of rotatable bonds is 10. The lowest BCUT2D eigenvalue weighted by Crippen LogP contribution is -2.36. The summed E-state index contributed by atoms with van der Waals surface area (Å²) in [7, 11) is 0. The molecule has 0 aromatic carbocycles. The zero-order chi connectivity index (χ0) is 14.0. The molecule has 0 radical (unpaired) electrons. The van der Waals surface area contributed by atoms with E-state index in [2.05, 4.69) is 24.5 Å². The van der Waals surface area contributed by atoms with Gasteiger partial charge in [0, 0.05) is 12.6 Å². The fraction of sp³-hybridized carbons (Fsp3) is 0.929. The number of hydrogen-bond acceptors (Lipinski definition) is 3. The monoisotopic (exact) mass is 258 g/mol. The van der Waals surface area contributed by atoms with Crippen molar-refractivity contribution in [2.45, 2.75) is 53.0 Å². The molecule has 108 valence electrons. The van der Waals surface area contributed by atoms with Gasteiger partial charge >= 0.3 is 0 Å². The maximum Gasteiger partial charge on any atom is 0.225 e. The van der Waals surface area contributed by atoms with Crippen LogP contribution in [-0.2, 0) is 4.79 Å². The maximum absolute atomic E-state index is 11.7. The van der Waals surface area contributed by atoms with E-state index in [1.54, 1.807) is 0 Å². The number of hydrogen-bond donors (Lipinski definition) is 3. The Morgan fingerprint density at radius 3 is 2.17 bits per heavy atom. The fourth-order valence-electron chi connectivity index (χ4n) is 1.76. The highest BCUT2D eigenvalue weighted by atomic mass is 16.3. The smallest absolute Gasteiger partial charge is 0.225 e. The third kappa shape index (κ3) is 8.48. The van der Waals surface area contributed by atoms with Crippen molar-refractivity contribution in [2.75, 3.05) is 19.7 Å². The van der Waals surface area contributed by atoms with Crippen LogP contribution in [0.25, 0.3) is 0 Å². The third-order valence-corrected chi connectivity index (χ3v) is 3.04. The van der Waals surface area contributed by atoms with E-state index >= 15 is 0 Å². The standard InChI is InChI=1S/C14H30N2O2/c1-11(2)13(10-17)14(18)16-9-7-5-6-8-15-12(3)4/h11-13,15,17H,5-10H2,1-4H3,(H,16,18). The quantitative estimate of drug-likeness (QED) is 0.521. The molecule has 0 rings (SSSR count). The lowest BCUT2D eigenvalue weighted by atomic mass is 9.96. The minimum absolute atomic E-state index is 0.0206. The number of unbranched alkanes of at least 4 members (excludes halogenated alkanes) is 2. The Bertz CT molecular complexity index is 218. The summed E-state index contributed by atoms with van der Waals surface area (Å²) >= 11 is 0. The fourth-order valence-corrected chi connectivity index (χ4v) is 1.76. The molecule has 0 saturated heterocycles. The van der Waals surface area contributed by atoms with Crippen molar-refractivity contribution in [3.63, 3.8) is 0 Å². The van der Waals surface area contributed by atoms with Crippen molar-refractivity contribution in [1.29, 1.82) is 0 Å². The third-order valence-electron chi connectivity index (χ3n) is 3.04. The second-order valence-corrected chi connectivity index (χ2v) is 5.49. The van der Waals surface area contributed by atoms with Crippen LogP contribution in [0.1, 0.15) is 47.0 Å². The molecule has 0 aliphatic carbocycles. The molecule has 0 heterocycles. The van der Waals surface area contributed by atoms with Crippen LogP contribution in [0.2, 0.25) is 0 Å². The van der Waals surface area contributed by atoms with Gasteiger partial charge < -0.3 is 15.7 Å². The highest BCUT2D eigenvalue weighted by Gasteiger charge is 2.20. The van der Waals surface area contributed by atoms with Crippen LogP contribution in [0.5, 0.6) is 0 Å². The summed E-state index contributed by atoms with van der Waals surface area (Å²) in [6.07, 6.45) is 3.26. The van der Waals surface area contributed by atoms with Gasteiger partial charge in [-0.15, -0.1) is 0 Å². The van der Waals surface area contributed by atoms with Crippen LogP contribution in [0.4, 0.5) is 0 Å². The van der Waals surface area contributed by atoms with E-state index in [4.69, 9.17) is 5.11 Å². The number of amides is 1. The Labute approximate surface area is 112 Å². The normalized spacial score (nSPS) is 13.1. The minimum Gasteiger partial charge on any atom is -0.396 e. The summed E-state index contributed by atoms with van der Waals surface area (Å²) in [5, 5.41) is 15.4. The Hall–Kier alpha value is -0.610. The molecule has 0 aliphatic rings. The van der Waals surface area contributed by atoms with E-state index in [-0.39, 0.29) is 24.3 Å². The molecule has 0 bridgehead atoms. The van der Waals surface area contributed by atoms with Gasteiger partial charge in [-0.3, -0.25) is 4.79 Å². The average Bonchev–Trinajstić information content (AvgIpc) is 2.27. The molecule has 0 fully saturated rings. The number of carbonyl (C=O) groups excluding carboxylic acids is 1. The second-order valence-electron chi connectivity index (χ2n) is 5.49. The van der Waals surface area contributed by atoms with Gasteiger partial charge in [-0.1, -0.05) is 34.1 Å². The van der Waals surface area contributed by atoms with Crippen molar-refractivity contribution in [2.24, 2.45) is 11.8 Å². The average molecular weight is 258 g/mol. The Balaban J connectivity index is 3.51. The Morgan fingerprint density at radius 2 is 1.67 bits per heavy atom. The van der Waals surface area contributed by atoms with Crippen LogP contribution in [0, 0.1) is 11.8 Å². The van der Waals surface area contributed by atoms with Gasteiger partial charge in [0.1, 0.15) is 0 Å². The molecule has 1 unspecified atom stereocenters. The zero-order valence-electron chi connectivity index (χ0n) is 12.3. The molecule has 4 nitrogen and oxygen atoms in total. The van der Waals surface area contributed by atoms with Crippen LogP contribution in [0.15, 0.2) is 0 Å². The lowest BCUT2D eigenvalue weighted by Gasteiger charge is -2.17. The van der Waals surface area contributed by atoms with E-state index in [1.165, 1.54) is 0 Å². The van der Waals surface area contributed by atoms with E-state index in [1.807, 2.05) is 13.8 Å². The molecule has 1 amide bonds. The molecule has 0 spiro atoms. The second kappa shape index (κ2) is 10.3. The van der Waals surface area contributed by atoms with E-state index in [0.29, 0.717) is 12.6 Å². The Morgan fingerprint density at radius 1 is 1.06 bits per heavy atom. The van der Waals surface area contributed by atoms with Gasteiger partial charge in [0.25, 0.3) is 0 Å². The van der Waals surface area contributed by atoms with E-state index in [9.17, 15) is 4.79 Å². The highest BCUT2D eigenvalue weighted by Crippen LogP contribution is 2.09. The van der Waals surface area contributed by atoms with Crippen molar-refractivity contribution in [1.82, 2.24) is 10.6 Å². The van der Waals surface area contributed by atoms with Crippen molar-refractivity contribution < 1.29 is 9.90 Å². The molecular weight excluding hydrogens is 228 g/mol. The van der Waals surface area contributed by atoms with Gasteiger partial charge in [-0.2, -0.15) is 0 Å². The van der Waals surface area contributed by atoms with Crippen LogP contribution >= 0.6 is 0 Å². The number of carbonyl (C=O) groups is 1. The summed E-state index contributed by atoms with van der Waals surface area (Å²) in [5.74, 6) is -0.106. The molecule has 4 heteroatoms. The van der Waals surface area contributed by atoms with Crippen molar-refractivity contribution in [3.05, 3.63) is 0 Å². The molecule has 0 aromatic rings. The number of aliphatic hydroxyl groups excluding tert-OH is 1. The van der Waals surface area contributed by atoms with Crippen LogP contribution in [-0.4, -0.2) is 36.8 Å². The van der Waals surface area contributed by atoms with Gasteiger partial charge in [0.2, 0.25) is 5.91 Å². The molecule has 0 aromatic heterocycles. The summed E-state index contributed by atoms with van der Waals surface area (Å²) in [4.78, 5) is 11.7. The summed E-state index contributed by atoms with van der Waals surface area (Å²) in [5.41, 5.74) is 0. The van der Waals surface area contributed by atoms with Gasteiger partial charge in [0.05, 0.1) is 12.5 Å². The molecule has 3 N–H and O–H groups in total. The van der Waals surface area contributed by atoms with Crippen LogP contribution in [0.3, 0.4) is 0 Å². The topological polar surface area (TPSA) is 61.4 Å². The van der Waals surface area contributed by atoms with E-state index in [0.717, 1.165) is 25.8 Å². The number of aliphatic hydroxyl groups is 1. The van der Waals surface area contributed by atoms with Crippen molar-refractivity contribution in [3.8, 4) is 0 Å². The predicted molar refractivity (Wildman–Crippen MR) is 75.4 cm³/mol. The Kier molecular flexibility index (Phi) is 9.98. The van der Waals surface area contributed by atoms with Gasteiger partial charge in [0.15, 0.2) is 0 Å². The summed E-state index contributed by atoms with van der Waals surface area (Å²) in [6, 6.07) is 0.543. The first-order chi connectivity index (χ1) is 8.49. The first-order valence-corrected chi connectivity index (χ1v) is 7.11. The first-order valence-electron chi connectivity index (χ1n) is 7.11. The molecular formula is C14H30N2O2. The van der Waals surface area contributed by atoms with Gasteiger partial charge in [-0.25, -0.2) is 0 Å². The minimum atomic E-state index is -0.271. The van der Waals surface area contributed by atoms with E-state index < -0.39 is 0 Å².